The quantitative estimate of drug-likeness (QED) is 0.921. The average molecular weight is 282 g/mol. The number of hydrogen-bond acceptors (Lipinski definition) is 3. The van der Waals surface area contributed by atoms with Crippen LogP contribution < -0.4 is 0 Å². The third-order valence-corrected chi connectivity index (χ3v) is 4.60. The Labute approximate surface area is 119 Å². The molecule has 3 nitrogen and oxygen atoms in total. The smallest absolute Gasteiger partial charge is 0.0964 e. The minimum absolute atomic E-state index is 0.0920. The van der Waals surface area contributed by atoms with Crippen molar-refractivity contribution in [3.63, 3.8) is 0 Å². The number of benzene rings is 1. The second-order valence-corrected chi connectivity index (χ2v) is 5.93. The molecule has 1 N–H and O–H groups in total. The highest BCUT2D eigenvalue weighted by Gasteiger charge is 2.35. The van der Waals surface area contributed by atoms with Crippen LogP contribution in [0.4, 0.5) is 0 Å². The van der Waals surface area contributed by atoms with Crippen molar-refractivity contribution in [1.82, 2.24) is 4.90 Å². The number of aliphatic hydroxyl groups excluding tert-OH is 1. The van der Waals surface area contributed by atoms with Crippen molar-refractivity contribution in [2.24, 2.45) is 0 Å². The highest BCUT2D eigenvalue weighted by Crippen LogP contribution is 2.25. The first kappa shape index (κ1) is 13.4. The number of ether oxygens (including phenoxy) is 1. The molecule has 0 saturated carbocycles. The molecule has 0 amide bonds. The van der Waals surface area contributed by atoms with E-state index >= 15 is 0 Å². The molecule has 0 aliphatic carbocycles. The van der Waals surface area contributed by atoms with Gasteiger partial charge in [0.25, 0.3) is 0 Å². The Kier molecular flexibility index (Phi) is 4.08. The maximum Gasteiger partial charge on any atom is 0.0964 e. The van der Waals surface area contributed by atoms with E-state index in [2.05, 4.69) is 4.90 Å². The molecule has 19 heavy (non-hydrogen) atoms. The Morgan fingerprint density at radius 2 is 2.26 bits per heavy atom. The van der Waals surface area contributed by atoms with E-state index in [-0.39, 0.29) is 6.10 Å². The molecule has 0 aromatic heterocycles. The van der Waals surface area contributed by atoms with Crippen LogP contribution in [-0.4, -0.2) is 48.0 Å². The van der Waals surface area contributed by atoms with Crippen LogP contribution in [0.25, 0.3) is 0 Å². The topological polar surface area (TPSA) is 32.7 Å². The van der Waals surface area contributed by atoms with Gasteiger partial charge in [0.05, 0.1) is 18.8 Å². The van der Waals surface area contributed by atoms with Crippen LogP contribution in [0.5, 0.6) is 0 Å². The average Bonchev–Trinajstić information content (AvgIpc) is 2.88. The SMILES string of the molecule is OC(Cc1ccccc1Cl)C1CN2CCCC2CO1. The number of fused-ring (bicyclic) bond motifs is 1. The molecule has 3 rings (SSSR count). The predicted molar refractivity (Wildman–Crippen MR) is 75.5 cm³/mol. The number of halogens is 1. The maximum absolute atomic E-state index is 10.4. The third kappa shape index (κ3) is 2.95. The number of aliphatic hydroxyl groups is 1. The fraction of sp³-hybridized carbons (Fsp3) is 0.600. The normalized spacial score (nSPS) is 29.2. The number of rotatable bonds is 3. The van der Waals surface area contributed by atoms with Crippen LogP contribution in [0, 0.1) is 0 Å². The summed E-state index contributed by atoms with van der Waals surface area (Å²) in [5.74, 6) is 0. The van der Waals surface area contributed by atoms with Gasteiger partial charge < -0.3 is 9.84 Å². The summed E-state index contributed by atoms with van der Waals surface area (Å²) in [6.45, 7) is 2.74. The zero-order valence-electron chi connectivity index (χ0n) is 11.0. The summed E-state index contributed by atoms with van der Waals surface area (Å²) in [5.41, 5.74) is 0.990. The maximum atomic E-state index is 10.4. The lowest BCUT2D eigenvalue weighted by atomic mass is 10.0. The minimum atomic E-state index is -0.485. The van der Waals surface area contributed by atoms with Crippen molar-refractivity contribution in [3.8, 4) is 0 Å². The van der Waals surface area contributed by atoms with Gasteiger partial charge >= 0.3 is 0 Å². The summed E-state index contributed by atoms with van der Waals surface area (Å²) in [4.78, 5) is 2.45. The standard InChI is InChI=1S/C15H20ClNO2/c16-13-6-2-1-4-11(13)8-14(18)15-9-17-7-3-5-12(17)10-19-15/h1-2,4,6,12,14-15,18H,3,5,7-10H2. The molecule has 0 bridgehead atoms. The molecule has 2 heterocycles. The van der Waals surface area contributed by atoms with Crippen LogP contribution in [0.1, 0.15) is 18.4 Å². The van der Waals surface area contributed by atoms with Crippen LogP contribution in [-0.2, 0) is 11.2 Å². The van der Waals surface area contributed by atoms with Crippen LogP contribution in [0.2, 0.25) is 5.02 Å². The van der Waals surface area contributed by atoms with Gasteiger partial charge in [-0.2, -0.15) is 0 Å². The molecule has 2 aliphatic heterocycles. The number of nitrogens with zero attached hydrogens (tertiary/aromatic N) is 1. The first-order chi connectivity index (χ1) is 9.24. The van der Waals surface area contributed by atoms with Gasteiger partial charge in [-0.3, -0.25) is 4.90 Å². The monoisotopic (exact) mass is 281 g/mol. The molecule has 2 saturated heterocycles. The van der Waals surface area contributed by atoms with Crippen molar-refractivity contribution >= 4 is 11.6 Å². The predicted octanol–water partition coefficient (Wildman–Crippen LogP) is 2.11. The minimum Gasteiger partial charge on any atom is -0.390 e. The molecule has 0 spiro atoms. The van der Waals surface area contributed by atoms with E-state index in [1.165, 1.54) is 12.8 Å². The van der Waals surface area contributed by atoms with Crippen molar-refractivity contribution < 1.29 is 9.84 Å². The largest absolute Gasteiger partial charge is 0.390 e. The van der Waals surface area contributed by atoms with Crippen molar-refractivity contribution in [1.29, 1.82) is 0 Å². The van der Waals surface area contributed by atoms with E-state index in [4.69, 9.17) is 16.3 Å². The van der Waals surface area contributed by atoms with Gasteiger partial charge in [0.15, 0.2) is 0 Å². The highest BCUT2D eigenvalue weighted by molar-refractivity contribution is 6.31. The summed E-state index contributed by atoms with van der Waals surface area (Å²) < 4.78 is 5.83. The molecular formula is C15H20ClNO2. The van der Waals surface area contributed by atoms with E-state index in [1.807, 2.05) is 24.3 Å². The van der Waals surface area contributed by atoms with E-state index in [0.717, 1.165) is 30.3 Å². The van der Waals surface area contributed by atoms with Gasteiger partial charge in [0.2, 0.25) is 0 Å². The lowest BCUT2D eigenvalue weighted by molar-refractivity contribution is -0.101. The van der Waals surface area contributed by atoms with E-state index < -0.39 is 6.10 Å². The zero-order chi connectivity index (χ0) is 13.2. The second-order valence-electron chi connectivity index (χ2n) is 5.53. The molecule has 3 atom stereocenters. The van der Waals surface area contributed by atoms with Gasteiger partial charge in [-0.15, -0.1) is 0 Å². The molecule has 3 unspecified atom stereocenters. The highest BCUT2D eigenvalue weighted by atomic mass is 35.5. The molecule has 1 aromatic carbocycles. The molecule has 2 aliphatic rings. The van der Waals surface area contributed by atoms with Crippen molar-refractivity contribution in [2.75, 3.05) is 19.7 Å². The summed E-state index contributed by atoms with van der Waals surface area (Å²) in [5, 5.41) is 11.1. The molecular weight excluding hydrogens is 262 g/mol. The Bertz CT molecular complexity index is 440. The Balaban J connectivity index is 1.61. The van der Waals surface area contributed by atoms with E-state index in [9.17, 15) is 5.11 Å². The summed E-state index contributed by atoms with van der Waals surface area (Å²) in [6.07, 6.45) is 2.46. The van der Waals surface area contributed by atoms with Crippen LogP contribution in [0.3, 0.4) is 0 Å². The Morgan fingerprint density at radius 1 is 1.42 bits per heavy atom. The first-order valence-corrected chi connectivity index (χ1v) is 7.39. The first-order valence-electron chi connectivity index (χ1n) is 7.01. The lowest BCUT2D eigenvalue weighted by Gasteiger charge is -2.37. The zero-order valence-corrected chi connectivity index (χ0v) is 11.7. The molecule has 1 aromatic rings. The van der Waals surface area contributed by atoms with Gasteiger partial charge in [-0.05, 0) is 31.0 Å². The molecule has 2 fully saturated rings. The Morgan fingerprint density at radius 3 is 3.11 bits per heavy atom. The fourth-order valence-electron chi connectivity index (χ4n) is 3.10. The summed E-state index contributed by atoms with van der Waals surface area (Å²) in [7, 11) is 0. The van der Waals surface area contributed by atoms with Gasteiger partial charge in [0, 0.05) is 24.0 Å². The van der Waals surface area contributed by atoms with E-state index in [0.29, 0.717) is 12.5 Å². The van der Waals surface area contributed by atoms with Crippen LogP contribution in [0.15, 0.2) is 24.3 Å². The fourth-order valence-corrected chi connectivity index (χ4v) is 3.31. The Hall–Kier alpha value is -0.610. The lowest BCUT2D eigenvalue weighted by Crippen LogP contribution is -2.50. The molecule has 4 heteroatoms. The molecule has 0 radical (unpaired) electrons. The molecule has 104 valence electrons. The number of morpholine rings is 1. The van der Waals surface area contributed by atoms with E-state index in [1.54, 1.807) is 0 Å². The summed E-state index contributed by atoms with van der Waals surface area (Å²) >= 11 is 6.13. The van der Waals surface area contributed by atoms with Crippen molar-refractivity contribution in [2.45, 2.75) is 37.5 Å². The van der Waals surface area contributed by atoms with Crippen LogP contribution >= 0.6 is 11.6 Å². The second kappa shape index (κ2) is 5.80. The third-order valence-electron chi connectivity index (χ3n) is 4.23. The number of hydrogen-bond donors (Lipinski definition) is 1. The van der Waals surface area contributed by atoms with Gasteiger partial charge in [-0.25, -0.2) is 0 Å². The summed E-state index contributed by atoms with van der Waals surface area (Å²) in [6, 6.07) is 8.26. The van der Waals surface area contributed by atoms with Gasteiger partial charge in [0.1, 0.15) is 0 Å². The van der Waals surface area contributed by atoms with Gasteiger partial charge in [-0.1, -0.05) is 29.8 Å². The van der Waals surface area contributed by atoms with Crippen molar-refractivity contribution in [3.05, 3.63) is 34.9 Å².